The van der Waals surface area contributed by atoms with Gasteiger partial charge in [-0.25, -0.2) is 8.78 Å². The summed E-state index contributed by atoms with van der Waals surface area (Å²) in [5.41, 5.74) is 0.310. The van der Waals surface area contributed by atoms with E-state index in [0.29, 0.717) is 18.7 Å². The summed E-state index contributed by atoms with van der Waals surface area (Å²) in [5, 5.41) is 5.52. The van der Waals surface area contributed by atoms with Crippen LogP contribution < -0.4 is 10.6 Å². The molecule has 1 aliphatic rings. The minimum Gasteiger partial charge on any atom is -0.353 e. The smallest absolute Gasteiger partial charge is 0.241 e. The maximum absolute atomic E-state index is 12.9. The highest BCUT2D eigenvalue weighted by atomic mass is 19.1. The summed E-state index contributed by atoms with van der Waals surface area (Å²) in [6.45, 7) is 1.13. The number of carbonyl (C=O) groups is 1. The van der Waals surface area contributed by atoms with Crippen LogP contribution in [0.25, 0.3) is 0 Å². The van der Waals surface area contributed by atoms with Gasteiger partial charge >= 0.3 is 0 Å². The number of carbonyl (C=O) groups excluding carboxylic acids is 1. The Morgan fingerprint density at radius 2 is 1.80 bits per heavy atom. The maximum Gasteiger partial charge on any atom is 0.241 e. The largest absolute Gasteiger partial charge is 0.353 e. The van der Waals surface area contributed by atoms with Gasteiger partial charge in [-0.3, -0.25) is 4.79 Å². The molecule has 1 heterocycles. The van der Waals surface area contributed by atoms with E-state index in [0.717, 1.165) is 18.2 Å². The monoisotopic (exact) mass is 212 g/mol. The third-order valence-electron chi connectivity index (χ3n) is 2.25. The summed E-state index contributed by atoms with van der Waals surface area (Å²) < 4.78 is 25.8. The quantitative estimate of drug-likeness (QED) is 0.720. The molecule has 1 aromatic carbocycles. The van der Waals surface area contributed by atoms with Crippen molar-refractivity contribution in [2.24, 2.45) is 0 Å². The fourth-order valence-corrected chi connectivity index (χ4v) is 1.61. The molecule has 5 heteroatoms. The topological polar surface area (TPSA) is 41.1 Å². The molecule has 1 amide bonds. The second kappa shape index (κ2) is 3.94. The molecule has 0 bridgehead atoms. The van der Waals surface area contributed by atoms with Crippen LogP contribution in [0.15, 0.2) is 18.2 Å². The van der Waals surface area contributed by atoms with Crippen molar-refractivity contribution in [2.45, 2.75) is 6.04 Å². The molecule has 1 aliphatic heterocycles. The zero-order valence-corrected chi connectivity index (χ0v) is 7.89. The van der Waals surface area contributed by atoms with E-state index in [2.05, 4.69) is 10.6 Å². The summed E-state index contributed by atoms with van der Waals surface area (Å²) in [6.07, 6.45) is 0. The Labute approximate surface area is 85.5 Å². The predicted molar refractivity (Wildman–Crippen MR) is 50.1 cm³/mol. The van der Waals surface area contributed by atoms with Crippen molar-refractivity contribution < 1.29 is 13.6 Å². The van der Waals surface area contributed by atoms with Gasteiger partial charge in [-0.1, -0.05) is 0 Å². The van der Waals surface area contributed by atoms with Gasteiger partial charge in [0.05, 0.1) is 0 Å². The van der Waals surface area contributed by atoms with Crippen LogP contribution in [-0.2, 0) is 4.79 Å². The fourth-order valence-electron chi connectivity index (χ4n) is 1.61. The third kappa shape index (κ3) is 2.12. The van der Waals surface area contributed by atoms with Crippen molar-refractivity contribution in [3.05, 3.63) is 35.4 Å². The van der Waals surface area contributed by atoms with Crippen LogP contribution in [0, 0.1) is 11.6 Å². The van der Waals surface area contributed by atoms with E-state index < -0.39 is 17.7 Å². The number of piperazine rings is 1. The summed E-state index contributed by atoms with van der Waals surface area (Å²) in [5.74, 6) is -1.61. The Kier molecular flexibility index (Phi) is 2.64. The van der Waals surface area contributed by atoms with Crippen LogP contribution in [0.1, 0.15) is 11.6 Å². The Morgan fingerprint density at radius 1 is 1.13 bits per heavy atom. The molecule has 80 valence electrons. The summed E-state index contributed by atoms with van der Waals surface area (Å²) in [6, 6.07) is 2.44. The normalized spacial score (nSPS) is 21.2. The molecule has 0 radical (unpaired) electrons. The van der Waals surface area contributed by atoms with Crippen LogP contribution in [0.2, 0.25) is 0 Å². The van der Waals surface area contributed by atoms with E-state index in [9.17, 15) is 13.6 Å². The average Bonchev–Trinajstić information content (AvgIpc) is 2.16. The molecule has 0 spiro atoms. The zero-order chi connectivity index (χ0) is 10.8. The van der Waals surface area contributed by atoms with Gasteiger partial charge in [0.1, 0.15) is 17.7 Å². The van der Waals surface area contributed by atoms with Crippen LogP contribution in [0.3, 0.4) is 0 Å². The van der Waals surface area contributed by atoms with E-state index in [1.165, 1.54) is 0 Å². The minimum absolute atomic E-state index is 0.258. The first-order chi connectivity index (χ1) is 7.16. The third-order valence-corrected chi connectivity index (χ3v) is 2.25. The molecule has 2 N–H and O–H groups in total. The second-order valence-corrected chi connectivity index (χ2v) is 3.38. The Balaban J connectivity index is 2.31. The number of nitrogens with one attached hydrogen (secondary N) is 2. The first-order valence-electron chi connectivity index (χ1n) is 4.64. The standard InChI is InChI=1S/C10H10F2N2O/c11-7-3-6(4-8(12)5-7)9-10(15)14-2-1-13-9/h3-5,9,13H,1-2H2,(H,14,15)/t9-/m0/s1. The summed E-state index contributed by atoms with van der Waals surface area (Å²) >= 11 is 0. The van der Waals surface area contributed by atoms with Gasteiger partial charge in [0.25, 0.3) is 0 Å². The summed E-state index contributed by atoms with van der Waals surface area (Å²) in [7, 11) is 0. The van der Waals surface area contributed by atoms with Crippen LogP contribution in [0.4, 0.5) is 8.78 Å². The van der Waals surface area contributed by atoms with Crippen LogP contribution in [0.5, 0.6) is 0 Å². The van der Waals surface area contributed by atoms with Gasteiger partial charge in [-0.2, -0.15) is 0 Å². The molecule has 0 unspecified atom stereocenters. The van der Waals surface area contributed by atoms with Gasteiger partial charge in [0.2, 0.25) is 5.91 Å². The minimum atomic E-state index is -0.676. The lowest BCUT2D eigenvalue weighted by molar-refractivity contribution is -0.124. The van der Waals surface area contributed by atoms with Gasteiger partial charge in [-0.05, 0) is 17.7 Å². The zero-order valence-electron chi connectivity index (χ0n) is 7.89. The molecule has 2 rings (SSSR count). The fraction of sp³-hybridized carbons (Fsp3) is 0.300. The highest BCUT2D eigenvalue weighted by Gasteiger charge is 2.23. The number of halogens is 2. The van der Waals surface area contributed by atoms with E-state index >= 15 is 0 Å². The number of rotatable bonds is 1. The lowest BCUT2D eigenvalue weighted by Gasteiger charge is -2.23. The van der Waals surface area contributed by atoms with Crippen molar-refractivity contribution in [1.82, 2.24) is 10.6 Å². The van der Waals surface area contributed by atoms with Crippen molar-refractivity contribution >= 4 is 5.91 Å². The first kappa shape index (κ1) is 10.0. The average molecular weight is 212 g/mol. The van der Waals surface area contributed by atoms with E-state index in [1.54, 1.807) is 0 Å². The maximum atomic E-state index is 12.9. The molecular formula is C10H10F2N2O. The lowest BCUT2D eigenvalue weighted by Crippen LogP contribution is -2.47. The molecule has 0 saturated carbocycles. The second-order valence-electron chi connectivity index (χ2n) is 3.38. The Bertz CT molecular complexity index is 375. The van der Waals surface area contributed by atoms with Gasteiger partial charge in [-0.15, -0.1) is 0 Å². The van der Waals surface area contributed by atoms with Crippen LogP contribution >= 0.6 is 0 Å². The van der Waals surface area contributed by atoms with Crippen molar-refractivity contribution in [1.29, 1.82) is 0 Å². The molecule has 1 fully saturated rings. The Morgan fingerprint density at radius 3 is 2.40 bits per heavy atom. The van der Waals surface area contributed by atoms with Crippen molar-refractivity contribution in [3.63, 3.8) is 0 Å². The molecule has 1 aromatic rings. The SMILES string of the molecule is O=C1NCCN[C@H]1c1cc(F)cc(F)c1. The molecular weight excluding hydrogens is 202 g/mol. The Hall–Kier alpha value is -1.49. The predicted octanol–water partition coefficient (Wildman–Crippen LogP) is 0.725. The van der Waals surface area contributed by atoms with Crippen molar-refractivity contribution in [3.8, 4) is 0 Å². The molecule has 0 aliphatic carbocycles. The molecule has 15 heavy (non-hydrogen) atoms. The van der Waals surface area contributed by atoms with Crippen LogP contribution in [-0.4, -0.2) is 19.0 Å². The molecule has 1 saturated heterocycles. The van der Waals surface area contributed by atoms with E-state index in [4.69, 9.17) is 0 Å². The highest BCUT2D eigenvalue weighted by Crippen LogP contribution is 2.17. The van der Waals surface area contributed by atoms with Gasteiger partial charge in [0.15, 0.2) is 0 Å². The number of amides is 1. The lowest BCUT2D eigenvalue weighted by atomic mass is 10.0. The molecule has 3 nitrogen and oxygen atoms in total. The number of benzene rings is 1. The number of hydrogen-bond donors (Lipinski definition) is 2. The summed E-state index contributed by atoms with van der Waals surface area (Å²) in [4.78, 5) is 11.4. The molecule has 0 aromatic heterocycles. The van der Waals surface area contributed by atoms with Gasteiger partial charge in [0, 0.05) is 19.2 Å². The molecule has 1 atom stereocenters. The highest BCUT2D eigenvalue weighted by molar-refractivity contribution is 5.83. The van der Waals surface area contributed by atoms with Gasteiger partial charge < -0.3 is 10.6 Å². The number of hydrogen-bond acceptors (Lipinski definition) is 2. The van der Waals surface area contributed by atoms with Crippen molar-refractivity contribution in [2.75, 3.05) is 13.1 Å². The first-order valence-corrected chi connectivity index (χ1v) is 4.64. The van der Waals surface area contributed by atoms with E-state index in [1.807, 2.05) is 0 Å². The van der Waals surface area contributed by atoms with E-state index in [-0.39, 0.29) is 5.91 Å².